The molecule has 2 rings (SSSR count). The van der Waals surface area contributed by atoms with Gasteiger partial charge in [-0.2, -0.15) is 0 Å². The highest BCUT2D eigenvalue weighted by Crippen LogP contribution is 2.33. The zero-order chi connectivity index (χ0) is 15.5. The molecule has 1 N–H and O–H groups in total. The Bertz CT molecular complexity index is 515. The maximum atomic E-state index is 12.4. The molecule has 0 aromatic heterocycles. The summed E-state index contributed by atoms with van der Waals surface area (Å²) in [5, 5.41) is 4.48. The van der Waals surface area contributed by atoms with Crippen molar-refractivity contribution in [2.24, 2.45) is 0 Å². The molecule has 0 amide bonds. The lowest BCUT2D eigenvalue weighted by molar-refractivity contribution is -0.148. The Labute approximate surface area is 136 Å². The molecule has 0 heterocycles. The van der Waals surface area contributed by atoms with Gasteiger partial charge in [0.2, 0.25) is 0 Å². The Morgan fingerprint density at radius 1 is 1.29 bits per heavy atom. The van der Waals surface area contributed by atoms with Crippen LogP contribution in [0.15, 0.2) is 18.2 Å². The fraction of sp³-hybridized carbons (Fsp3) is 0.562. The largest absolute Gasteiger partial charge is 0.467 e. The minimum Gasteiger partial charge on any atom is -0.467 e. The highest BCUT2D eigenvalue weighted by atomic mass is 35.5. The van der Waals surface area contributed by atoms with Crippen molar-refractivity contribution in [1.29, 1.82) is 0 Å². The van der Waals surface area contributed by atoms with Crippen LogP contribution in [0.4, 0.5) is 0 Å². The zero-order valence-corrected chi connectivity index (χ0v) is 13.9. The van der Waals surface area contributed by atoms with Gasteiger partial charge in [0.05, 0.1) is 7.11 Å². The third-order valence-corrected chi connectivity index (χ3v) is 4.71. The number of benzene rings is 1. The molecule has 0 aliphatic heterocycles. The SMILES string of the molecule is COC(=O)C(C)(NC1CCCCC1)c1ccc(Cl)cc1Cl. The van der Waals surface area contributed by atoms with Crippen LogP contribution in [-0.4, -0.2) is 19.1 Å². The lowest BCUT2D eigenvalue weighted by atomic mass is 9.87. The van der Waals surface area contributed by atoms with Crippen molar-refractivity contribution in [3.05, 3.63) is 33.8 Å². The number of nitrogens with one attached hydrogen (secondary N) is 1. The molecule has 1 aromatic carbocycles. The minimum atomic E-state index is -0.960. The van der Waals surface area contributed by atoms with Gasteiger partial charge in [-0.15, -0.1) is 0 Å². The van der Waals surface area contributed by atoms with Gasteiger partial charge in [0, 0.05) is 21.7 Å². The Kier molecular flexibility index (Phi) is 5.53. The number of hydrogen-bond donors (Lipinski definition) is 1. The molecular formula is C16H21Cl2NO2. The average Bonchev–Trinajstić information content (AvgIpc) is 2.47. The van der Waals surface area contributed by atoms with Gasteiger partial charge in [-0.3, -0.25) is 5.32 Å². The van der Waals surface area contributed by atoms with E-state index in [0.717, 1.165) is 12.8 Å². The van der Waals surface area contributed by atoms with E-state index in [0.29, 0.717) is 21.7 Å². The number of methoxy groups -OCH3 is 1. The summed E-state index contributed by atoms with van der Waals surface area (Å²) in [6.07, 6.45) is 5.76. The van der Waals surface area contributed by atoms with E-state index in [1.165, 1.54) is 26.4 Å². The van der Waals surface area contributed by atoms with E-state index in [1.807, 2.05) is 6.92 Å². The number of esters is 1. The molecule has 3 nitrogen and oxygen atoms in total. The smallest absolute Gasteiger partial charge is 0.330 e. The van der Waals surface area contributed by atoms with Gasteiger partial charge in [-0.25, -0.2) is 4.79 Å². The van der Waals surface area contributed by atoms with Crippen LogP contribution in [0.1, 0.15) is 44.6 Å². The van der Waals surface area contributed by atoms with Gasteiger partial charge in [-0.1, -0.05) is 48.5 Å². The van der Waals surface area contributed by atoms with Gasteiger partial charge in [0.15, 0.2) is 0 Å². The number of rotatable bonds is 4. The Morgan fingerprint density at radius 3 is 2.52 bits per heavy atom. The van der Waals surface area contributed by atoms with E-state index in [1.54, 1.807) is 18.2 Å². The molecule has 0 bridgehead atoms. The average molecular weight is 330 g/mol. The van der Waals surface area contributed by atoms with Crippen molar-refractivity contribution >= 4 is 29.2 Å². The molecule has 1 saturated carbocycles. The Hall–Kier alpha value is -0.770. The number of hydrogen-bond acceptors (Lipinski definition) is 3. The summed E-state index contributed by atoms with van der Waals surface area (Å²) in [6.45, 7) is 1.82. The second-order valence-corrected chi connectivity index (χ2v) is 6.56. The van der Waals surface area contributed by atoms with Gasteiger partial charge in [-0.05, 0) is 31.9 Å². The van der Waals surface area contributed by atoms with Gasteiger partial charge >= 0.3 is 5.97 Å². The van der Waals surface area contributed by atoms with Crippen LogP contribution in [0.2, 0.25) is 10.0 Å². The molecule has 116 valence electrons. The second-order valence-electron chi connectivity index (χ2n) is 5.72. The number of carbonyl (C=O) groups is 1. The van der Waals surface area contributed by atoms with Gasteiger partial charge in [0.1, 0.15) is 5.54 Å². The lowest BCUT2D eigenvalue weighted by Gasteiger charge is -2.35. The van der Waals surface area contributed by atoms with Crippen LogP contribution in [0, 0.1) is 0 Å². The van der Waals surface area contributed by atoms with E-state index in [2.05, 4.69) is 5.32 Å². The molecule has 1 aliphatic carbocycles. The maximum Gasteiger partial charge on any atom is 0.330 e. The molecule has 1 aliphatic rings. The first-order chi connectivity index (χ1) is 9.97. The minimum absolute atomic E-state index is 0.301. The van der Waals surface area contributed by atoms with Crippen molar-refractivity contribution in [3.8, 4) is 0 Å². The van der Waals surface area contributed by atoms with Crippen molar-refractivity contribution in [2.45, 2.75) is 50.6 Å². The molecule has 1 fully saturated rings. The van der Waals surface area contributed by atoms with Crippen molar-refractivity contribution in [2.75, 3.05) is 7.11 Å². The summed E-state index contributed by atoms with van der Waals surface area (Å²) < 4.78 is 5.00. The third kappa shape index (κ3) is 3.71. The normalized spacial score (nSPS) is 19.0. The van der Waals surface area contributed by atoms with E-state index in [-0.39, 0.29) is 5.97 Å². The van der Waals surface area contributed by atoms with Crippen LogP contribution in [-0.2, 0) is 15.1 Å². The van der Waals surface area contributed by atoms with Crippen molar-refractivity contribution < 1.29 is 9.53 Å². The topological polar surface area (TPSA) is 38.3 Å². The summed E-state index contributed by atoms with van der Waals surface area (Å²) in [5.41, 5.74) is -0.260. The van der Waals surface area contributed by atoms with Crippen molar-refractivity contribution in [1.82, 2.24) is 5.32 Å². The maximum absolute atomic E-state index is 12.4. The molecule has 1 aromatic rings. The van der Waals surface area contributed by atoms with E-state index in [4.69, 9.17) is 27.9 Å². The Morgan fingerprint density at radius 2 is 1.95 bits per heavy atom. The van der Waals surface area contributed by atoms with Gasteiger partial charge < -0.3 is 4.74 Å². The molecule has 0 radical (unpaired) electrons. The quantitative estimate of drug-likeness (QED) is 0.837. The predicted octanol–water partition coefficient (Wildman–Crippen LogP) is 4.30. The zero-order valence-electron chi connectivity index (χ0n) is 12.4. The molecule has 1 unspecified atom stereocenters. The monoisotopic (exact) mass is 329 g/mol. The number of ether oxygens (including phenoxy) is 1. The molecular weight excluding hydrogens is 309 g/mol. The molecule has 1 atom stereocenters. The highest BCUT2D eigenvalue weighted by molar-refractivity contribution is 6.35. The highest BCUT2D eigenvalue weighted by Gasteiger charge is 2.40. The summed E-state index contributed by atoms with van der Waals surface area (Å²) in [5.74, 6) is -0.336. The number of halogens is 2. The summed E-state index contributed by atoms with van der Waals surface area (Å²) in [4.78, 5) is 12.4. The first-order valence-electron chi connectivity index (χ1n) is 7.29. The summed E-state index contributed by atoms with van der Waals surface area (Å²) in [7, 11) is 1.40. The Balaban J connectivity index is 2.33. The molecule has 21 heavy (non-hydrogen) atoms. The van der Waals surface area contributed by atoms with Crippen LogP contribution in [0.5, 0.6) is 0 Å². The first-order valence-corrected chi connectivity index (χ1v) is 8.04. The van der Waals surface area contributed by atoms with E-state index < -0.39 is 5.54 Å². The van der Waals surface area contributed by atoms with Crippen LogP contribution >= 0.6 is 23.2 Å². The van der Waals surface area contributed by atoms with Crippen LogP contribution in [0.3, 0.4) is 0 Å². The van der Waals surface area contributed by atoms with Gasteiger partial charge in [0.25, 0.3) is 0 Å². The third-order valence-electron chi connectivity index (χ3n) is 4.16. The molecule has 5 heteroatoms. The fourth-order valence-corrected chi connectivity index (χ4v) is 3.60. The van der Waals surface area contributed by atoms with E-state index >= 15 is 0 Å². The standard InChI is InChI=1S/C16H21Cl2NO2/c1-16(15(20)21-2,19-12-6-4-3-5-7-12)13-9-8-11(17)10-14(13)18/h8-10,12,19H,3-7H2,1-2H3. The second kappa shape index (κ2) is 6.99. The van der Waals surface area contributed by atoms with Crippen LogP contribution in [0.25, 0.3) is 0 Å². The predicted molar refractivity (Wildman–Crippen MR) is 85.8 cm³/mol. The van der Waals surface area contributed by atoms with Crippen molar-refractivity contribution in [3.63, 3.8) is 0 Å². The first kappa shape index (κ1) is 16.6. The van der Waals surface area contributed by atoms with Crippen LogP contribution < -0.4 is 5.32 Å². The molecule has 0 saturated heterocycles. The molecule has 0 spiro atoms. The lowest BCUT2D eigenvalue weighted by Crippen LogP contribution is -2.52. The van der Waals surface area contributed by atoms with E-state index in [9.17, 15) is 4.79 Å². The fourth-order valence-electron chi connectivity index (χ4n) is 3.00. The summed E-state index contributed by atoms with van der Waals surface area (Å²) in [6, 6.07) is 5.49. The number of carbonyl (C=O) groups excluding carboxylic acids is 1. The summed E-state index contributed by atoms with van der Waals surface area (Å²) >= 11 is 12.3.